The van der Waals surface area contributed by atoms with E-state index in [2.05, 4.69) is 39.7 Å². The van der Waals surface area contributed by atoms with E-state index < -0.39 is 0 Å². The van der Waals surface area contributed by atoms with Gasteiger partial charge in [-0.05, 0) is 62.8 Å². The fourth-order valence-corrected chi connectivity index (χ4v) is 3.37. The number of hydrogen-bond donors (Lipinski definition) is 0. The van der Waals surface area contributed by atoms with Gasteiger partial charge in [-0.25, -0.2) is 0 Å². The zero-order valence-electron chi connectivity index (χ0n) is 15.0. The van der Waals surface area contributed by atoms with E-state index in [1.807, 2.05) is 24.3 Å². The summed E-state index contributed by atoms with van der Waals surface area (Å²) < 4.78 is 8.11. The number of nitrogens with zero attached hydrogens (tertiary/aromatic N) is 3. The number of ether oxygens (including phenoxy) is 1. The van der Waals surface area contributed by atoms with Gasteiger partial charge in [0.05, 0.1) is 6.54 Å². The van der Waals surface area contributed by atoms with Crippen molar-refractivity contribution in [3.63, 3.8) is 0 Å². The zero-order valence-corrected chi connectivity index (χ0v) is 15.8. The lowest BCUT2D eigenvalue weighted by atomic mass is 10.2. The Labute approximate surface area is 155 Å². The van der Waals surface area contributed by atoms with Crippen molar-refractivity contribution in [3.8, 4) is 5.75 Å². The minimum atomic E-state index is 0.668. The van der Waals surface area contributed by atoms with Crippen LogP contribution in [0.2, 0.25) is 5.02 Å². The van der Waals surface area contributed by atoms with Crippen LogP contribution in [0.5, 0.6) is 5.75 Å². The molecular formula is C20H28ClN3O. The highest BCUT2D eigenvalue weighted by Gasteiger charge is 2.13. The summed E-state index contributed by atoms with van der Waals surface area (Å²) in [5, 5.41) is 0.736. The third-order valence-corrected chi connectivity index (χ3v) is 5.09. The molecule has 2 heterocycles. The highest BCUT2D eigenvalue weighted by atomic mass is 35.5. The van der Waals surface area contributed by atoms with E-state index in [4.69, 9.17) is 16.3 Å². The molecular weight excluding hydrogens is 334 g/mol. The molecule has 2 aromatic rings. The molecule has 1 aliphatic heterocycles. The number of hydrogen-bond acceptors (Lipinski definition) is 3. The van der Waals surface area contributed by atoms with Gasteiger partial charge in [-0.1, -0.05) is 11.6 Å². The number of likely N-dealkylation sites (N-methyl/N-ethyl adjacent to an activating group) is 1. The first-order valence-corrected chi connectivity index (χ1v) is 9.52. The number of benzene rings is 1. The van der Waals surface area contributed by atoms with Gasteiger partial charge in [0.15, 0.2) is 0 Å². The summed E-state index contributed by atoms with van der Waals surface area (Å²) in [7, 11) is 2.20. The molecule has 0 radical (unpaired) electrons. The Morgan fingerprint density at radius 2 is 1.76 bits per heavy atom. The molecule has 1 aromatic heterocycles. The van der Waals surface area contributed by atoms with Gasteiger partial charge in [0.2, 0.25) is 0 Å². The monoisotopic (exact) mass is 361 g/mol. The molecule has 0 unspecified atom stereocenters. The number of aromatic nitrogens is 1. The lowest BCUT2D eigenvalue weighted by Crippen LogP contribution is -2.44. The van der Waals surface area contributed by atoms with Crippen LogP contribution < -0.4 is 4.74 Å². The van der Waals surface area contributed by atoms with Gasteiger partial charge in [0.25, 0.3) is 0 Å². The Morgan fingerprint density at radius 3 is 2.52 bits per heavy atom. The van der Waals surface area contributed by atoms with Crippen LogP contribution in [0.1, 0.15) is 12.1 Å². The van der Waals surface area contributed by atoms with Crippen LogP contribution >= 0.6 is 11.6 Å². The molecule has 3 rings (SSSR count). The third-order valence-electron chi connectivity index (χ3n) is 4.84. The summed E-state index contributed by atoms with van der Waals surface area (Å²) in [4.78, 5) is 4.99. The molecule has 1 aromatic carbocycles. The molecule has 0 spiro atoms. The Balaban J connectivity index is 1.39. The van der Waals surface area contributed by atoms with Crippen molar-refractivity contribution in [3.05, 3.63) is 53.3 Å². The fraction of sp³-hybridized carbons (Fsp3) is 0.500. The second-order valence-electron chi connectivity index (χ2n) is 6.74. The van der Waals surface area contributed by atoms with Crippen LogP contribution in [-0.2, 0) is 13.0 Å². The summed E-state index contributed by atoms with van der Waals surface area (Å²) in [6.07, 6.45) is 4.49. The molecule has 1 fully saturated rings. The standard InChI is InChI=1S/C20H28ClN3O/c1-22-12-14-23(15-13-22)10-2-4-19-5-3-11-24(19)16-17-25-20-8-6-18(21)7-9-20/h3,5-9,11H,2,4,10,12-17H2,1H3. The summed E-state index contributed by atoms with van der Waals surface area (Å²) in [5.74, 6) is 0.869. The average Bonchev–Trinajstić information content (AvgIpc) is 3.06. The van der Waals surface area contributed by atoms with Crippen LogP contribution in [0.15, 0.2) is 42.6 Å². The first kappa shape index (κ1) is 18.3. The number of aryl methyl sites for hydroxylation is 1. The molecule has 0 amide bonds. The third kappa shape index (κ3) is 5.77. The summed E-state index contributed by atoms with van der Waals surface area (Å²) in [6, 6.07) is 11.9. The molecule has 1 saturated heterocycles. The van der Waals surface area contributed by atoms with Gasteiger partial charge in [0.1, 0.15) is 12.4 Å². The summed E-state index contributed by atoms with van der Waals surface area (Å²) >= 11 is 5.89. The average molecular weight is 362 g/mol. The van der Waals surface area contributed by atoms with E-state index in [0.29, 0.717) is 6.61 Å². The van der Waals surface area contributed by atoms with Gasteiger partial charge >= 0.3 is 0 Å². The highest BCUT2D eigenvalue weighted by Crippen LogP contribution is 2.15. The van der Waals surface area contributed by atoms with Crippen LogP contribution in [0.3, 0.4) is 0 Å². The van der Waals surface area contributed by atoms with Crippen molar-refractivity contribution in [1.29, 1.82) is 0 Å². The van der Waals surface area contributed by atoms with Gasteiger partial charge in [-0.3, -0.25) is 0 Å². The minimum absolute atomic E-state index is 0.668. The SMILES string of the molecule is CN1CCN(CCCc2cccn2CCOc2ccc(Cl)cc2)CC1. The molecule has 1 aliphatic rings. The van der Waals surface area contributed by atoms with Gasteiger partial charge in [-0.15, -0.1) is 0 Å². The lowest BCUT2D eigenvalue weighted by molar-refractivity contribution is 0.153. The zero-order chi connectivity index (χ0) is 17.5. The van der Waals surface area contributed by atoms with Crippen molar-refractivity contribution < 1.29 is 4.74 Å². The minimum Gasteiger partial charge on any atom is -0.492 e. The maximum Gasteiger partial charge on any atom is 0.119 e. The topological polar surface area (TPSA) is 20.6 Å². The molecule has 0 saturated carbocycles. The first-order valence-electron chi connectivity index (χ1n) is 9.14. The molecule has 0 bridgehead atoms. The number of piperazine rings is 1. The Hall–Kier alpha value is -1.49. The Kier molecular flexibility index (Phi) is 6.79. The van der Waals surface area contributed by atoms with Crippen molar-refractivity contribution >= 4 is 11.6 Å². The van der Waals surface area contributed by atoms with Crippen LogP contribution in [0.4, 0.5) is 0 Å². The largest absolute Gasteiger partial charge is 0.492 e. The predicted molar refractivity (Wildman–Crippen MR) is 104 cm³/mol. The number of halogens is 1. The second kappa shape index (κ2) is 9.27. The van der Waals surface area contributed by atoms with Crippen molar-refractivity contribution in [2.24, 2.45) is 0 Å². The van der Waals surface area contributed by atoms with Gasteiger partial charge < -0.3 is 19.1 Å². The number of rotatable bonds is 8. The molecule has 0 aliphatic carbocycles. The second-order valence-corrected chi connectivity index (χ2v) is 7.18. The van der Waals surface area contributed by atoms with Crippen molar-refractivity contribution in [2.75, 3.05) is 46.4 Å². The van der Waals surface area contributed by atoms with E-state index in [9.17, 15) is 0 Å². The van der Waals surface area contributed by atoms with E-state index in [-0.39, 0.29) is 0 Å². The molecule has 0 N–H and O–H groups in total. The van der Waals surface area contributed by atoms with Crippen molar-refractivity contribution in [1.82, 2.24) is 14.4 Å². The lowest BCUT2D eigenvalue weighted by Gasteiger charge is -2.32. The molecule has 25 heavy (non-hydrogen) atoms. The Bertz CT molecular complexity index is 633. The van der Waals surface area contributed by atoms with Crippen LogP contribution in [0, 0.1) is 0 Å². The maximum atomic E-state index is 5.89. The maximum absolute atomic E-state index is 5.89. The summed E-state index contributed by atoms with van der Waals surface area (Å²) in [5.41, 5.74) is 1.40. The van der Waals surface area contributed by atoms with E-state index in [1.165, 1.54) is 44.8 Å². The first-order chi connectivity index (χ1) is 12.2. The molecule has 0 atom stereocenters. The normalized spacial score (nSPS) is 16.2. The highest BCUT2D eigenvalue weighted by molar-refractivity contribution is 6.30. The summed E-state index contributed by atoms with van der Waals surface area (Å²) in [6.45, 7) is 7.53. The molecule has 136 valence electrons. The van der Waals surface area contributed by atoms with Gasteiger partial charge in [-0.2, -0.15) is 0 Å². The predicted octanol–water partition coefficient (Wildman–Crippen LogP) is 3.40. The van der Waals surface area contributed by atoms with Gasteiger partial charge in [0, 0.05) is 43.1 Å². The Morgan fingerprint density at radius 1 is 1.00 bits per heavy atom. The van der Waals surface area contributed by atoms with Crippen LogP contribution in [-0.4, -0.2) is 60.7 Å². The molecule has 5 heteroatoms. The smallest absolute Gasteiger partial charge is 0.119 e. The quantitative estimate of drug-likeness (QED) is 0.719. The van der Waals surface area contributed by atoms with E-state index in [0.717, 1.165) is 23.7 Å². The molecule has 4 nitrogen and oxygen atoms in total. The van der Waals surface area contributed by atoms with E-state index in [1.54, 1.807) is 0 Å². The van der Waals surface area contributed by atoms with Crippen molar-refractivity contribution in [2.45, 2.75) is 19.4 Å². The van der Waals surface area contributed by atoms with E-state index >= 15 is 0 Å². The fourth-order valence-electron chi connectivity index (χ4n) is 3.24. The van der Waals surface area contributed by atoms with Crippen LogP contribution in [0.25, 0.3) is 0 Å².